The van der Waals surface area contributed by atoms with E-state index in [0.29, 0.717) is 6.42 Å². The lowest BCUT2D eigenvalue weighted by Gasteiger charge is -2.23. The molecule has 0 saturated carbocycles. The van der Waals surface area contributed by atoms with E-state index in [1.54, 1.807) is 7.11 Å². The number of benzene rings is 1. The summed E-state index contributed by atoms with van der Waals surface area (Å²) >= 11 is 0. The lowest BCUT2D eigenvalue weighted by atomic mass is 9.93. The highest BCUT2D eigenvalue weighted by molar-refractivity contribution is 5.72. The maximum absolute atomic E-state index is 11.1. The van der Waals surface area contributed by atoms with Crippen molar-refractivity contribution >= 4 is 5.97 Å². The average Bonchev–Trinajstić information content (AvgIpc) is 2.60. The molecule has 1 atom stereocenters. The minimum Gasteiger partial charge on any atom is -0.497 e. The van der Waals surface area contributed by atoms with Crippen molar-refractivity contribution in [1.82, 2.24) is 0 Å². The standard InChI is InChI=1S/C12H14O3/c1-12(7-6-11(13)15-12)9-4-3-5-10(8-9)14-2/h3-5,8H,6-7H2,1-2H3. The molecular formula is C12H14O3. The molecule has 3 nitrogen and oxygen atoms in total. The first-order valence-electron chi connectivity index (χ1n) is 5.00. The molecule has 3 heteroatoms. The van der Waals surface area contributed by atoms with Gasteiger partial charge in [0, 0.05) is 12.8 Å². The van der Waals surface area contributed by atoms with Crippen molar-refractivity contribution < 1.29 is 14.3 Å². The molecule has 15 heavy (non-hydrogen) atoms. The fourth-order valence-electron chi connectivity index (χ4n) is 1.85. The van der Waals surface area contributed by atoms with Gasteiger partial charge in [-0.3, -0.25) is 4.79 Å². The summed E-state index contributed by atoms with van der Waals surface area (Å²) in [5.41, 5.74) is 0.513. The molecule has 1 fully saturated rings. The first-order valence-corrected chi connectivity index (χ1v) is 5.00. The molecule has 0 N–H and O–H groups in total. The molecule has 1 heterocycles. The summed E-state index contributed by atoms with van der Waals surface area (Å²) in [4.78, 5) is 11.1. The smallest absolute Gasteiger partial charge is 0.306 e. The van der Waals surface area contributed by atoms with Crippen molar-refractivity contribution in [3.63, 3.8) is 0 Å². The average molecular weight is 206 g/mol. The quantitative estimate of drug-likeness (QED) is 0.696. The molecule has 0 amide bonds. The van der Waals surface area contributed by atoms with Crippen LogP contribution in [0.5, 0.6) is 5.75 Å². The second-order valence-corrected chi connectivity index (χ2v) is 3.94. The molecule has 1 unspecified atom stereocenters. The summed E-state index contributed by atoms with van der Waals surface area (Å²) in [6.45, 7) is 1.94. The molecule has 2 rings (SSSR count). The lowest BCUT2D eigenvalue weighted by molar-refractivity contribution is -0.147. The van der Waals surface area contributed by atoms with Crippen LogP contribution in [0.15, 0.2) is 24.3 Å². The Bertz CT molecular complexity index is 386. The third kappa shape index (κ3) is 1.82. The number of methoxy groups -OCH3 is 1. The molecule has 0 aromatic heterocycles. The first-order chi connectivity index (χ1) is 7.14. The van der Waals surface area contributed by atoms with Crippen molar-refractivity contribution in [2.24, 2.45) is 0 Å². The Morgan fingerprint density at radius 1 is 1.47 bits per heavy atom. The van der Waals surface area contributed by atoms with Crippen LogP contribution >= 0.6 is 0 Å². The van der Waals surface area contributed by atoms with Gasteiger partial charge in [-0.25, -0.2) is 0 Å². The Kier molecular flexibility index (Phi) is 2.39. The minimum atomic E-state index is -0.481. The van der Waals surface area contributed by atoms with Gasteiger partial charge in [0.25, 0.3) is 0 Å². The molecule has 1 aromatic carbocycles. The van der Waals surface area contributed by atoms with Crippen LogP contribution in [0.2, 0.25) is 0 Å². The van der Waals surface area contributed by atoms with Gasteiger partial charge in [0.05, 0.1) is 7.11 Å². The molecule has 1 aliphatic heterocycles. The predicted octanol–water partition coefficient (Wildman–Crippen LogP) is 2.25. The van der Waals surface area contributed by atoms with Crippen LogP contribution in [0.1, 0.15) is 25.3 Å². The normalized spacial score (nSPS) is 25.1. The second kappa shape index (κ2) is 3.57. The van der Waals surface area contributed by atoms with E-state index in [1.165, 1.54) is 0 Å². The molecule has 0 bridgehead atoms. The van der Waals surface area contributed by atoms with Crippen LogP contribution in [-0.2, 0) is 15.1 Å². The van der Waals surface area contributed by atoms with Gasteiger partial charge >= 0.3 is 5.97 Å². The number of ether oxygens (including phenoxy) is 2. The highest BCUT2D eigenvalue weighted by Crippen LogP contribution is 2.37. The maximum Gasteiger partial charge on any atom is 0.306 e. The van der Waals surface area contributed by atoms with Crippen LogP contribution in [0.25, 0.3) is 0 Å². The summed E-state index contributed by atoms with van der Waals surface area (Å²) in [6, 6.07) is 7.66. The zero-order chi connectivity index (χ0) is 10.9. The third-order valence-corrected chi connectivity index (χ3v) is 2.83. The Balaban J connectivity index is 2.32. The van der Waals surface area contributed by atoms with Gasteiger partial charge in [0.2, 0.25) is 0 Å². The third-order valence-electron chi connectivity index (χ3n) is 2.83. The Labute approximate surface area is 89.0 Å². The zero-order valence-corrected chi connectivity index (χ0v) is 8.95. The second-order valence-electron chi connectivity index (χ2n) is 3.94. The van der Waals surface area contributed by atoms with Crippen LogP contribution in [0.3, 0.4) is 0 Å². The fourth-order valence-corrected chi connectivity index (χ4v) is 1.85. The van der Waals surface area contributed by atoms with E-state index in [-0.39, 0.29) is 5.97 Å². The molecule has 1 aliphatic rings. The number of esters is 1. The number of hydrogen-bond donors (Lipinski definition) is 0. The Morgan fingerprint density at radius 3 is 2.87 bits per heavy atom. The van der Waals surface area contributed by atoms with Crippen LogP contribution in [-0.4, -0.2) is 13.1 Å². The summed E-state index contributed by atoms with van der Waals surface area (Å²) in [6.07, 6.45) is 1.23. The highest BCUT2D eigenvalue weighted by Gasteiger charge is 2.37. The topological polar surface area (TPSA) is 35.5 Å². The summed E-state index contributed by atoms with van der Waals surface area (Å²) in [5.74, 6) is 0.664. The molecule has 0 aliphatic carbocycles. The molecule has 1 aromatic rings. The van der Waals surface area contributed by atoms with Crippen molar-refractivity contribution in [1.29, 1.82) is 0 Å². The molecule has 0 spiro atoms. The van der Waals surface area contributed by atoms with Gasteiger partial charge in [0.15, 0.2) is 0 Å². The van der Waals surface area contributed by atoms with E-state index < -0.39 is 5.60 Å². The largest absolute Gasteiger partial charge is 0.497 e. The van der Waals surface area contributed by atoms with E-state index in [0.717, 1.165) is 17.7 Å². The SMILES string of the molecule is COc1cccc(C2(C)CCC(=O)O2)c1. The van der Waals surface area contributed by atoms with Gasteiger partial charge in [-0.05, 0) is 24.6 Å². The predicted molar refractivity (Wildman–Crippen MR) is 55.7 cm³/mol. The van der Waals surface area contributed by atoms with Crippen LogP contribution < -0.4 is 4.74 Å². The lowest BCUT2D eigenvalue weighted by Crippen LogP contribution is -2.20. The van der Waals surface area contributed by atoms with E-state index in [2.05, 4.69) is 0 Å². The molecular weight excluding hydrogens is 192 g/mol. The van der Waals surface area contributed by atoms with Crippen molar-refractivity contribution in [2.75, 3.05) is 7.11 Å². The van der Waals surface area contributed by atoms with E-state index >= 15 is 0 Å². The number of carbonyl (C=O) groups excluding carboxylic acids is 1. The number of hydrogen-bond acceptors (Lipinski definition) is 3. The number of carbonyl (C=O) groups is 1. The van der Waals surface area contributed by atoms with Crippen molar-refractivity contribution in [2.45, 2.75) is 25.4 Å². The molecule has 1 saturated heterocycles. The maximum atomic E-state index is 11.1. The Morgan fingerprint density at radius 2 is 2.27 bits per heavy atom. The summed E-state index contributed by atoms with van der Waals surface area (Å²) < 4.78 is 10.5. The van der Waals surface area contributed by atoms with Crippen molar-refractivity contribution in [3.05, 3.63) is 29.8 Å². The van der Waals surface area contributed by atoms with E-state index in [1.807, 2.05) is 31.2 Å². The highest BCUT2D eigenvalue weighted by atomic mass is 16.6. The number of cyclic esters (lactones) is 1. The molecule has 80 valence electrons. The Hall–Kier alpha value is -1.51. The number of rotatable bonds is 2. The monoisotopic (exact) mass is 206 g/mol. The zero-order valence-electron chi connectivity index (χ0n) is 8.95. The van der Waals surface area contributed by atoms with Gasteiger partial charge in [-0.2, -0.15) is 0 Å². The van der Waals surface area contributed by atoms with E-state index in [4.69, 9.17) is 9.47 Å². The van der Waals surface area contributed by atoms with Gasteiger partial charge in [-0.15, -0.1) is 0 Å². The van der Waals surface area contributed by atoms with Gasteiger partial charge in [0.1, 0.15) is 11.4 Å². The summed E-state index contributed by atoms with van der Waals surface area (Å²) in [7, 11) is 1.63. The van der Waals surface area contributed by atoms with Gasteiger partial charge < -0.3 is 9.47 Å². The van der Waals surface area contributed by atoms with Crippen molar-refractivity contribution in [3.8, 4) is 5.75 Å². The van der Waals surface area contributed by atoms with Crippen LogP contribution in [0.4, 0.5) is 0 Å². The first kappa shape index (κ1) is 10.0. The molecule has 0 radical (unpaired) electrons. The minimum absolute atomic E-state index is 0.125. The van der Waals surface area contributed by atoms with Crippen LogP contribution in [0, 0.1) is 0 Å². The fraction of sp³-hybridized carbons (Fsp3) is 0.417. The van der Waals surface area contributed by atoms with Gasteiger partial charge in [-0.1, -0.05) is 12.1 Å². The summed E-state index contributed by atoms with van der Waals surface area (Å²) in [5, 5.41) is 0. The van der Waals surface area contributed by atoms with E-state index in [9.17, 15) is 4.79 Å².